The summed E-state index contributed by atoms with van der Waals surface area (Å²) in [5.41, 5.74) is 0. The van der Waals surface area contributed by atoms with Gasteiger partial charge >= 0.3 is 12.1 Å². The molecule has 0 fully saturated rings. The standard InChI is InChI=1S/C10H13NO6/c1-6(2)5-9(14)16-10(15)17-11-7(12)3-4-8(11)13/h3-4,6,12-13H,5H2,1-2H3. The fraction of sp³-hybridized carbons (Fsp3) is 0.400. The summed E-state index contributed by atoms with van der Waals surface area (Å²) in [6.45, 7) is 3.58. The summed E-state index contributed by atoms with van der Waals surface area (Å²) >= 11 is 0. The van der Waals surface area contributed by atoms with Crippen LogP contribution in [0.5, 0.6) is 11.8 Å². The van der Waals surface area contributed by atoms with E-state index in [0.29, 0.717) is 4.73 Å². The van der Waals surface area contributed by atoms with Crippen molar-refractivity contribution < 1.29 is 29.4 Å². The first-order valence-corrected chi connectivity index (χ1v) is 4.92. The highest BCUT2D eigenvalue weighted by Gasteiger charge is 2.17. The van der Waals surface area contributed by atoms with Gasteiger partial charge in [-0.3, -0.25) is 9.63 Å². The lowest BCUT2D eigenvalue weighted by Crippen LogP contribution is -2.23. The Kier molecular flexibility index (Phi) is 3.97. The Bertz CT molecular complexity index is 403. The van der Waals surface area contributed by atoms with Gasteiger partial charge in [-0.2, -0.15) is 0 Å². The van der Waals surface area contributed by atoms with Gasteiger partial charge in [0.05, 0.1) is 0 Å². The molecule has 0 bridgehead atoms. The number of aromatic hydroxyl groups is 2. The van der Waals surface area contributed by atoms with Crippen LogP contribution < -0.4 is 4.84 Å². The summed E-state index contributed by atoms with van der Waals surface area (Å²) < 4.78 is 4.74. The Morgan fingerprint density at radius 3 is 2.29 bits per heavy atom. The van der Waals surface area contributed by atoms with Gasteiger partial charge in [0.1, 0.15) is 0 Å². The Morgan fingerprint density at radius 2 is 1.82 bits per heavy atom. The fourth-order valence-electron chi connectivity index (χ4n) is 1.06. The topological polar surface area (TPSA) is 98.0 Å². The van der Waals surface area contributed by atoms with Crippen LogP contribution in [0.1, 0.15) is 20.3 Å². The second kappa shape index (κ2) is 5.24. The maximum atomic E-state index is 11.1. The van der Waals surface area contributed by atoms with Crippen molar-refractivity contribution in [1.82, 2.24) is 4.73 Å². The summed E-state index contributed by atoms with van der Waals surface area (Å²) in [5.74, 6) is -1.67. The molecular formula is C10H13NO6. The van der Waals surface area contributed by atoms with Crippen LogP contribution in [0, 0.1) is 5.92 Å². The highest BCUT2D eigenvalue weighted by Crippen LogP contribution is 2.18. The monoisotopic (exact) mass is 243 g/mol. The van der Waals surface area contributed by atoms with E-state index in [1.54, 1.807) is 13.8 Å². The van der Waals surface area contributed by atoms with E-state index in [9.17, 15) is 9.59 Å². The first-order valence-electron chi connectivity index (χ1n) is 4.92. The van der Waals surface area contributed by atoms with Crippen molar-refractivity contribution >= 4 is 12.1 Å². The van der Waals surface area contributed by atoms with Crippen LogP contribution >= 0.6 is 0 Å². The van der Waals surface area contributed by atoms with Gasteiger partial charge in [-0.05, 0) is 5.92 Å². The van der Waals surface area contributed by atoms with Gasteiger partial charge in [-0.1, -0.05) is 13.8 Å². The molecule has 1 rings (SSSR count). The highest BCUT2D eigenvalue weighted by atomic mass is 16.8. The number of nitrogens with zero attached hydrogens (tertiary/aromatic N) is 1. The fourth-order valence-corrected chi connectivity index (χ4v) is 1.06. The molecule has 94 valence electrons. The van der Waals surface area contributed by atoms with Crippen LogP contribution in [-0.4, -0.2) is 27.1 Å². The van der Waals surface area contributed by atoms with Crippen molar-refractivity contribution in [2.75, 3.05) is 0 Å². The van der Waals surface area contributed by atoms with Gasteiger partial charge in [-0.25, -0.2) is 4.79 Å². The molecule has 0 aliphatic heterocycles. The van der Waals surface area contributed by atoms with Crippen LogP contribution in [0.2, 0.25) is 0 Å². The molecule has 0 saturated heterocycles. The second-order valence-corrected chi connectivity index (χ2v) is 3.76. The SMILES string of the molecule is CC(C)CC(=O)OC(=O)On1c(O)ccc1O. The molecule has 0 atom stereocenters. The predicted octanol–water partition coefficient (Wildman–Crippen LogP) is 1.04. The third-order valence-corrected chi connectivity index (χ3v) is 1.74. The number of carbonyl (C=O) groups is 2. The van der Waals surface area contributed by atoms with Crippen LogP contribution in [0.4, 0.5) is 4.79 Å². The molecule has 0 aliphatic carbocycles. The summed E-state index contributed by atoms with van der Waals surface area (Å²) in [6, 6.07) is 2.22. The number of hydrogen-bond acceptors (Lipinski definition) is 6. The largest absolute Gasteiger partial charge is 0.541 e. The molecule has 0 spiro atoms. The molecule has 2 N–H and O–H groups in total. The molecule has 0 saturated carbocycles. The lowest BCUT2D eigenvalue weighted by Gasteiger charge is -2.07. The number of carbonyl (C=O) groups excluding carboxylic acids is 2. The van der Waals surface area contributed by atoms with Gasteiger partial charge in [-0.15, -0.1) is 4.73 Å². The van der Waals surface area contributed by atoms with Gasteiger partial charge in [0.25, 0.3) is 0 Å². The zero-order chi connectivity index (χ0) is 13.0. The summed E-state index contributed by atoms with van der Waals surface area (Å²) in [6.07, 6.45) is -1.25. The average Bonchev–Trinajstić information content (AvgIpc) is 2.47. The van der Waals surface area contributed by atoms with Crippen molar-refractivity contribution in [2.24, 2.45) is 5.92 Å². The van der Waals surface area contributed by atoms with Gasteiger partial charge in [0.2, 0.25) is 11.8 Å². The minimum absolute atomic E-state index is 0.0451. The normalized spacial score (nSPS) is 10.3. The van der Waals surface area contributed by atoms with Crippen LogP contribution in [0.25, 0.3) is 0 Å². The summed E-state index contributed by atoms with van der Waals surface area (Å²) in [7, 11) is 0. The molecule has 1 heterocycles. The molecule has 7 nitrogen and oxygen atoms in total. The van der Waals surface area contributed by atoms with Crippen molar-refractivity contribution in [3.63, 3.8) is 0 Å². The van der Waals surface area contributed by atoms with Crippen molar-refractivity contribution in [2.45, 2.75) is 20.3 Å². The van der Waals surface area contributed by atoms with Crippen LogP contribution in [0.3, 0.4) is 0 Å². The van der Waals surface area contributed by atoms with E-state index in [1.807, 2.05) is 0 Å². The van der Waals surface area contributed by atoms with E-state index in [1.165, 1.54) is 0 Å². The molecule has 1 aromatic rings. The zero-order valence-electron chi connectivity index (χ0n) is 9.41. The molecule has 0 radical (unpaired) electrons. The van der Waals surface area contributed by atoms with E-state index in [0.717, 1.165) is 12.1 Å². The molecule has 17 heavy (non-hydrogen) atoms. The number of esters is 1. The third kappa shape index (κ3) is 3.71. The number of aromatic nitrogens is 1. The molecular weight excluding hydrogens is 230 g/mol. The smallest absolute Gasteiger partial charge is 0.492 e. The Labute approximate surface area is 97.1 Å². The molecule has 7 heteroatoms. The lowest BCUT2D eigenvalue weighted by molar-refractivity contribution is -0.140. The molecule has 1 aromatic heterocycles. The first-order chi connectivity index (χ1) is 7.90. The lowest BCUT2D eigenvalue weighted by atomic mass is 10.1. The van der Waals surface area contributed by atoms with E-state index in [-0.39, 0.29) is 12.3 Å². The van der Waals surface area contributed by atoms with Gasteiger partial charge in [0, 0.05) is 18.6 Å². The number of ether oxygens (including phenoxy) is 1. The van der Waals surface area contributed by atoms with Crippen LogP contribution in [0.15, 0.2) is 12.1 Å². The van der Waals surface area contributed by atoms with Gasteiger partial charge in [0.15, 0.2) is 0 Å². The maximum Gasteiger partial charge on any atom is 0.541 e. The highest BCUT2D eigenvalue weighted by molar-refractivity contribution is 5.82. The first kappa shape index (κ1) is 12.9. The Balaban J connectivity index is 2.53. The van der Waals surface area contributed by atoms with E-state index >= 15 is 0 Å². The Morgan fingerprint density at radius 1 is 1.29 bits per heavy atom. The average molecular weight is 243 g/mol. The van der Waals surface area contributed by atoms with Crippen LogP contribution in [-0.2, 0) is 9.53 Å². The predicted molar refractivity (Wildman–Crippen MR) is 55.3 cm³/mol. The maximum absolute atomic E-state index is 11.1. The number of hydrogen-bond donors (Lipinski definition) is 2. The van der Waals surface area contributed by atoms with Crippen molar-refractivity contribution in [1.29, 1.82) is 0 Å². The second-order valence-electron chi connectivity index (χ2n) is 3.76. The number of rotatable bonds is 3. The van der Waals surface area contributed by atoms with Crippen molar-refractivity contribution in [3.8, 4) is 11.8 Å². The Hall–Kier alpha value is -2.18. The molecule has 0 aromatic carbocycles. The van der Waals surface area contributed by atoms with E-state index < -0.39 is 23.9 Å². The third-order valence-electron chi connectivity index (χ3n) is 1.74. The quantitative estimate of drug-likeness (QED) is 0.608. The molecule has 0 amide bonds. The molecule has 0 unspecified atom stereocenters. The summed E-state index contributed by atoms with van der Waals surface area (Å²) in [4.78, 5) is 26.6. The minimum atomic E-state index is -1.32. The van der Waals surface area contributed by atoms with Gasteiger partial charge < -0.3 is 14.9 Å². The van der Waals surface area contributed by atoms with E-state index in [4.69, 9.17) is 10.2 Å². The minimum Gasteiger partial charge on any atom is -0.492 e. The van der Waals surface area contributed by atoms with E-state index in [2.05, 4.69) is 9.57 Å². The zero-order valence-corrected chi connectivity index (χ0v) is 9.41. The molecule has 0 aliphatic rings. The van der Waals surface area contributed by atoms with Crippen molar-refractivity contribution in [3.05, 3.63) is 12.1 Å². The summed E-state index contributed by atoms with van der Waals surface area (Å²) in [5, 5.41) is 18.3.